The molecule has 0 saturated heterocycles. The second-order valence-corrected chi connectivity index (χ2v) is 4.64. The molecule has 0 amide bonds. The summed E-state index contributed by atoms with van der Waals surface area (Å²) < 4.78 is 5.81. The number of nitrogens with zero attached hydrogens (tertiary/aromatic N) is 1. The smallest absolute Gasteiger partial charge is 0.145 e. The van der Waals surface area contributed by atoms with Crippen molar-refractivity contribution < 1.29 is 9.84 Å². The summed E-state index contributed by atoms with van der Waals surface area (Å²) in [6.07, 6.45) is 1.80. The third-order valence-electron chi connectivity index (χ3n) is 3.27. The Hall–Kier alpha value is -1.87. The van der Waals surface area contributed by atoms with Crippen LogP contribution in [0, 0.1) is 13.8 Å². The SMILES string of the molecule is CC[C@@H](O)c1ccc(Oc2cccc(C)c2C)cn1. The van der Waals surface area contributed by atoms with Crippen LogP contribution in [-0.2, 0) is 0 Å². The van der Waals surface area contributed by atoms with Crippen LogP contribution < -0.4 is 4.74 Å². The predicted octanol–water partition coefficient (Wildman–Crippen LogP) is 3.93. The third-order valence-corrected chi connectivity index (χ3v) is 3.27. The van der Waals surface area contributed by atoms with Gasteiger partial charge >= 0.3 is 0 Å². The zero-order chi connectivity index (χ0) is 13.8. The van der Waals surface area contributed by atoms with E-state index in [-0.39, 0.29) is 0 Å². The van der Waals surface area contributed by atoms with E-state index in [0.29, 0.717) is 17.9 Å². The van der Waals surface area contributed by atoms with Gasteiger partial charge in [0.25, 0.3) is 0 Å². The summed E-state index contributed by atoms with van der Waals surface area (Å²) in [7, 11) is 0. The number of pyridine rings is 1. The molecule has 2 aromatic rings. The van der Waals surface area contributed by atoms with Crippen molar-refractivity contribution >= 4 is 0 Å². The number of benzene rings is 1. The lowest BCUT2D eigenvalue weighted by atomic mass is 10.1. The van der Waals surface area contributed by atoms with Gasteiger partial charge in [-0.3, -0.25) is 4.98 Å². The topological polar surface area (TPSA) is 42.4 Å². The van der Waals surface area contributed by atoms with E-state index in [1.807, 2.05) is 32.0 Å². The van der Waals surface area contributed by atoms with Crippen LogP contribution in [0.5, 0.6) is 11.5 Å². The first-order valence-corrected chi connectivity index (χ1v) is 6.50. The van der Waals surface area contributed by atoms with Crippen LogP contribution in [0.3, 0.4) is 0 Å². The molecule has 1 aromatic heterocycles. The number of hydrogen-bond acceptors (Lipinski definition) is 3. The van der Waals surface area contributed by atoms with Gasteiger partial charge in [0.2, 0.25) is 0 Å². The van der Waals surface area contributed by atoms with Gasteiger partial charge in [-0.05, 0) is 49.6 Å². The van der Waals surface area contributed by atoms with Crippen molar-refractivity contribution in [3.8, 4) is 11.5 Å². The van der Waals surface area contributed by atoms with Gasteiger partial charge in [0.05, 0.1) is 18.0 Å². The number of aromatic nitrogens is 1. The lowest BCUT2D eigenvalue weighted by molar-refractivity contribution is 0.169. The largest absolute Gasteiger partial charge is 0.455 e. The highest BCUT2D eigenvalue weighted by Gasteiger charge is 2.07. The fraction of sp³-hybridized carbons (Fsp3) is 0.312. The quantitative estimate of drug-likeness (QED) is 0.902. The monoisotopic (exact) mass is 257 g/mol. The molecule has 3 nitrogen and oxygen atoms in total. The minimum Gasteiger partial charge on any atom is -0.455 e. The highest BCUT2D eigenvalue weighted by Crippen LogP contribution is 2.27. The molecule has 0 spiro atoms. The molecule has 3 heteroatoms. The molecule has 0 saturated carbocycles. The van der Waals surface area contributed by atoms with Crippen LogP contribution in [-0.4, -0.2) is 10.1 Å². The van der Waals surface area contributed by atoms with E-state index in [4.69, 9.17) is 4.74 Å². The van der Waals surface area contributed by atoms with Crippen molar-refractivity contribution in [2.75, 3.05) is 0 Å². The molecular formula is C16H19NO2. The molecule has 0 bridgehead atoms. The minimum absolute atomic E-state index is 0.505. The summed E-state index contributed by atoms with van der Waals surface area (Å²) in [5.74, 6) is 1.52. The fourth-order valence-corrected chi connectivity index (χ4v) is 1.82. The van der Waals surface area contributed by atoms with Crippen molar-refractivity contribution in [3.05, 3.63) is 53.3 Å². The zero-order valence-electron chi connectivity index (χ0n) is 11.6. The molecule has 0 fully saturated rings. The van der Waals surface area contributed by atoms with Gasteiger partial charge in [0, 0.05) is 0 Å². The predicted molar refractivity (Wildman–Crippen MR) is 75.5 cm³/mol. The summed E-state index contributed by atoms with van der Waals surface area (Å²) in [5, 5.41) is 9.69. The third kappa shape index (κ3) is 3.12. The van der Waals surface area contributed by atoms with Crippen LogP contribution in [0.2, 0.25) is 0 Å². The van der Waals surface area contributed by atoms with Crippen molar-refractivity contribution in [3.63, 3.8) is 0 Å². The van der Waals surface area contributed by atoms with Crippen molar-refractivity contribution in [1.29, 1.82) is 0 Å². The van der Waals surface area contributed by atoms with Crippen molar-refractivity contribution in [2.24, 2.45) is 0 Å². The number of hydrogen-bond donors (Lipinski definition) is 1. The molecule has 0 aliphatic heterocycles. The summed E-state index contributed by atoms with van der Waals surface area (Å²) in [6, 6.07) is 9.61. The van der Waals surface area contributed by atoms with Gasteiger partial charge in [0.1, 0.15) is 11.5 Å². The van der Waals surface area contributed by atoms with E-state index in [1.54, 1.807) is 12.3 Å². The fourth-order valence-electron chi connectivity index (χ4n) is 1.82. The Kier molecular flexibility index (Phi) is 4.17. The molecule has 2 rings (SSSR count). The van der Waals surface area contributed by atoms with Crippen molar-refractivity contribution in [1.82, 2.24) is 4.98 Å². The molecule has 1 aromatic carbocycles. The molecule has 1 N–H and O–H groups in total. The van der Waals surface area contributed by atoms with Gasteiger partial charge in [-0.25, -0.2) is 0 Å². The van der Waals surface area contributed by atoms with E-state index in [0.717, 1.165) is 11.3 Å². The first-order chi connectivity index (χ1) is 9.11. The molecule has 1 heterocycles. The molecule has 0 unspecified atom stereocenters. The summed E-state index contributed by atoms with van der Waals surface area (Å²) in [5.41, 5.74) is 3.00. The Bertz CT molecular complexity index is 549. The Morgan fingerprint density at radius 2 is 2.00 bits per heavy atom. The molecule has 0 aliphatic rings. The molecule has 0 aliphatic carbocycles. The Balaban J connectivity index is 2.18. The normalized spacial score (nSPS) is 12.2. The molecule has 19 heavy (non-hydrogen) atoms. The van der Waals surface area contributed by atoms with E-state index in [1.165, 1.54) is 5.56 Å². The van der Waals surface area contributed by atoms with Crippen LogP contribution in [0.15, 0.2) is 36.5 Å². The van der Waals surface area contributed by atoms with Crippen LogP contribution in [0.4, 0.5) is 0 Å². The maximum Gasteiger partial charge on any atom is 0.145 e. The van der Waals surface area contributed by atoms with Crippen LogP contribution >= 0.6 is 0 Å². The minimum atomic E-state index is -0.505. The van der Waals surface area contributed by atoms with E-state index >= 15 is 0 Å². The Morgan fingerprint density at radius 1 is 1.21 bits per heavy atom. The average molecular weight is 257 g/mol. The second kappa shape index (κ2) is 5.85. The van der Waals surface area contributed by atoms with Gasteiger partial charge in [-0.2, -0.15) is 0 Å². The molecular weight excluding hydrogens is 238 g/mol. The number of ether oxygens (including phenoxy) is 1. The number of aliphatic hydroxyl groups is 1. The summed E-state index contributed by atoms with van der Waals surface area (Å²) >= 11 is 0. The van der Waals surface area contributed by atoms with Crippen molar-refractivity contribution in [2.45, 2.75) is 33.3 Å². The molecule has 1 atom stereocenters. The zero-order valence-corrected chi connectivity index (χ0v) is 11.6. The average Bonchev–Trinajstić information content (AvgIpc) is 2.44. The lowest BCUT2D eigenvalue weighted by Gasteiger charge is -2.11. The summed E-state index contributed by atoms with van der Waals surface area (Å²) in [6.45, 7) is 6.02. The molecule has 0 radical (unpaired) electrons. The van der Waals surface area contributed by atoms with Crippen LogP contribution in [0.25, 0.3) is 0 Å². The van der Waals surface area contributed by atoms with Gasteiger partial charge in [-0.1, -0.05) is 19.1 Å². The first-order valence-electron chi connectivity index (χ1n) is 6.50. The standard InChI is InChI=1S/C16H19NO2/c1-4-15(18)14-9-8-13(10-17-14)19-16-7-5-6-11(2)12(16)3/h5-10,15,18H,4H2,1-3H3/t15-/m1/s1. The number of aliphatic hydroxyl groups excluding tert-OH is 1. The maximum absolute atomic E-state index is 9.69. The molecule has 100 valence electrons. The van der Waals surface area contributed by atoms with Crippen LogP contribution in [0.1, 0.15) is 36.3 Å². The summed E-state index contributed by atoms with van der Waals surface area (Å²) in [4.78, 5) is 4.22. The number of rotatable bonds is 4. The second-order valence-electron chi connectivity index (χ2n) is 4.64. The Morgan fingerprint density at radius 3 is 2.63 bits per heavy atom. The van der Waals surface area contributed by atoms with E-state index in [2.05, 4.69) is 18.0 Å². The lowest BCUT2D eigenvalue weighted by Crippen LogP contribution is -1.98. The number of aryl methyl sites for hydroxylation is 1. The van der Waals surface area contributed by atoms with Gasteiger partial charge < -0.3 is 9.84 Å². The van der Waals surface area contributed by atoms with Gasteiger partial charge in [-0.15, -0.1) is 0 Å². The van der Waals surface area contributed by atoms with Gasteiger partial charge in [0.15, 0.2) is 0 Å². The van der Waals surface area contributed by atoms with E-state index in [9.17, 15) is 5.11 Å². The Labute approximate surface area is 113 Å². The van der Waals surface area contributed by atoms with E-state index < -0.39 is 6.10 Å². The first kappa shape index (κ1) is 13.6. The highest BCUT2D eigenvalue weighted by molar-refractivity contribution is 5.41. The highest BCUT2D eigenvalue weighted by atomic mass is 16.5. The maximum atomic E-state index is 9.69.